The normalized spacial score (nSPS) is 18.6. The second kappa shape index (κ2) is 19.4. The molecule has 0 spiro atoms. The Hall–Kier alpha value is -3.55. The number of pyridine rings is 2. The van der Waals surface area contributed by atoms with Crippen LogP contribution in [-0.2, 0) is 20.9 Å². The molecule has 3 aromatic rings. The molecule has 0 bridgehead atoms. The highest BCUT2D eigenvalue weighted by Crippen LogP contribution is 2.36. The van der Waals surface area contributed by atoms with E-state index >= 15 is 0 Å². The number of amides is 3. The van der Waals surface area contributed by atoms with Gasteiger partial charge in [0.15, 0.2) is 0 Å². The van der Waals surface area contributed by atoms with Crippen molar-refractivity contribution in [3.63, 3.8) is 0 Å². The number of nitrogens with one attached hydrogen (secondary N) is 1. The fourth-order valence-electron chi connectivity index (χ4n) is 7.43. The zero-order valence-electron chi connectivity index (χ0n) is 30.1. The standard InChI is InChI=1S/C23H26Cl2N4O3.C15H20Cl2N4O/c24-19-14-26-15-20(25)21(19)27-8-6-18(7-9-27)22(30)28-10-12-29(13-11-28)23(31)32-16-17-4-2-1-3-5-17;16-12-9-19-10-13(17)14(12)20-5-1-11(2-6-20)15(22)21-7-3-18-4-8-21/h1-5,14-15,18H,6-13,16H2;9-11,18H,1-8H2. The molecule has 12 nitrogen and oxygen atoms in total. The number of benzene rings is 1. The van der Waals surface area contributed by atoms with E-state index in [1.54, 1.807) is 29.7 Å². The van der Waals surface area contributed by atoms with Crippen molar-refractivity contribution in [2.24, 2.45) is 11.8 Å². The highest BCUT2D eigenvalue weighted by molar-refractivity contribution is 6.39. The van der Waals surface area contributed by atoms with Crippen LogP contribution >= 0.6 is 46.4 Å². The van der Waals surface area contributed by atoms with Crippen LogP contribution in [0.4, 0.5) is 16.2 Å². The summed E-state index contributed by atoms with van der Waals surface area (Å²) in [4.78, 5) is 55.7. The maximum Gasteiger partial charge on any atom is 0.410 e. The third-order valence-electron chi connectivity index (χ3n) is 10.5. The van der Waals surface area contributed by atoms with Gasteiger partial charge < -0.3 is 34.6 Å². The van der Waals surface area contributed by atoms with Gasteiger partial charge in [0, 0.05) is 115 Å². The Kier molecular flexibility index (Phi) is 14.4. The number of ether oxygens (including phenoxy) is 1. The number of carbonyl (C=O) groups excluding carboxylic acids is 3. The van der Waals surface area contributed by atoms with E-state index in [2.05, 4.69) is 25.1 Å². The molecule has 16 heteroatoms. The van der Waals surface area contributed by atoms with Crippen LogP contribution in [0.1, 0.15) is 31.2 Å². The van der Waals surface area contributed by atoms with E-state index in [4.69, 9.17) is 51.1 Å². The average molecular weight is 821 g/mol. The maximum atomic E-state index is 13.0. The highest BCUT2D eigenvalue weighted by atomic mass is 35.5. The first kappa shape index (κ1) is 40.1. The van der Waals surface area contributed by atoms with Crippen molar-refractivity contribution in [1.29, 1.82) is 0 Å². The van der Waals surface area contributed by atoms with Gasteiger partial charge in [-0.2, -0.15) is 0 Å². The minimum atomic E-state index is -0.333. The third-order valence-corrected chi connectivity index (χ3v) is 11.6. The van der Waals surface area contributed by atoms with Crippen LogP contribution in [0.25, 0.3) is 0 Å². The number of nitrogens with zero attached hydrogens (tertiary/aromatic N) is 7. The summed E-state index contributed by atoms with van der Waals surface area (Å²) in [5.41, 5.74) is 2.58. The second-order valence-electron chi connectivity index (χ2n) is 13.9. The molecule has 0 radical (unpaired) electrons. The van der Waals surface area contributed by atoms with Crippen molar-refractivity contribution >= 4 is 75.7 Å². The molecular formula is C38H46Cl4N8O4. The summed E-state index contributed by atoms with van der Waals surface area (Å²) in [6, 6.07) is 9.60. The minimum absolute atomic E-state index is 0.0257. The molecule has 1 N–H and O–H groups in total. The van der Waals surface area contributed by atoms with Gasteiger partial charge in [-0.1, -0.05) is 76.7 Å². The van der Waals surface area contributed by atoms with Crippen LogP contribution < -0.4 is 15.1 Å². The van der Waals surface area contributed by atoms with Crippen LogP contribution in [0, 0.1) is 11.8 Å². The number of rotatable bonds is 6. The van der Waals surface area contributed by atoms with E-state index in [1.807, 2.05) is 40.1 Å². The summed E-state index contributed by atoms with van der Waals surface area (Å²) in [7, 11) is 0. The Morgan fingerprint density at radius 2 is 1.00 bits per heavy atom. The van der Waals surface area contributed by atoms with Crippen LogP contribution in [0.15, 0.2) is 55.1 Å². The topological polar surface area (TPSA) is 114 Å². The molecular weight excluding hydrogens is 774 g/mol. The van der Waals surface area contributed by atoms with Crippen LogP contribution in [0.2, 0.25) is 20.1 Å². The third kappa shape index (κ3) is 10.2. The number of hydrogen-bond donors (Lipinski definition) is 1. The lowest BCUT2D eigenvalue weighted by atomic mass is 9.94. The van der Waals surface area contributed by atoms with Crippen molar-refractivity contribution in [3.8, 4) is 0 Å². The first-order chi connectivity index (χ1) is 26.2. The Labute approximate surface area is 336 Å². The van der Waals surface area contributed by atoms with Gasteiger partial charge in [0.1, 0.15) is 6.61 Å². The fourth-order valence-corrected chi connectivity index (χ4v) is 8.64. The van der Waals surface area contributed by atoms with Crippen LogP contribution in [0.5, 0.6) is 0 Å². The summed E-state index contributed by atoms with van der Waals surface area (Å²) in [6.07, 6.45) is 9.24. The minimum Gasteiger partial charge on any atom is -0.445 e. The Balaban J connectivity index is 0.000000197. The number of anilines is 2. The SMILES string of the molecule is O=C(C1CCN(c2c(Cl)cncc2Cl)CC1)N1CCNCC1.O=C(OCc1ccccc1)N1CCN(C(=O)C2CCN(c3c(Cl)cncc3Cl)CC2)CC1. The zero-order chi connectivity index (χ0) is 38.0. The van der Waals surface area contributed by atoms with Gasteiger partial charge in [-0.25, -0.2) is 4.79 Å². The summed E-state index contributed by atoms with van der Waals surface area (Å²) in [5.74, 6) is 0.554. The molecule has 0 aliphatic carbocycles. The lowest BCUT2D eigenvalue weighted by Gasteiger charge is -2.39. The Bertz CT molecular complexity index is 1690. The molecule has 3 amide bonds. The molecule has 54 heavy (non-hydrogen) atoms. The monoisotopic (exact) mass is 818 g/mol. The molecule has 4 fully saturated rings. The van der Waals surface area contributed by atoms with E-state index < -0.39 is 0 Å². The van der Waals surface area contributed by atoms with Gasteiger partial charge in [-0.15, -0.1) is 0 Å². The predicted octanol–water partition coefficient (Wildman–Crippen LogP) is 6.12. The Morgan fingerprint density at radius 1 is 0.593 bits per heavy atom. The molecule has 0 atom stereocenters. The summed E-state index contributed by atoms with van der Waals surface area (Å²) in [6.45, 7) is 8.74. The van der Waals surface area contributed by atoms with Crippen LogP contribution in [0.3, 0.4) is 0 Å². The lowest BCUT2D eigenvalue weighted by Crippen LogP contribution is -2.53. The smallest absolute Gasteiger partial charge is 0.410 e. The van der Waals surface area contributed by atoms with Crippen molar-refractivity contribution in [2.45, 2.75) is 32.3 Å². The molecule has 6 heterocycles. The quantitative estimate of drug-likeness (QED) is 0.314. The van der Waals surface area contributed by atoms with Gasteiger partial charge in [-0.05, 0) is 31.2 Å². The van der Waals surface area contributed by atoms with E-state index in [1.165, 1.54) is 0 Å². The largest absolute Gasteiger partial charge is 0.445 e. The highest BCUT2D eigenvalue weighted by Gasteiger charge is 2.33. The maximum absolute atomic E-state index is 13.0. The molecule has 4 aliphatic heterocycles. The molecule has 4 saturated heterocycles. The number of piperazine rings is 2. The first-order valence-electron chi connectivity index (χ1n) is 18.5. The van der Waals surface area contributed by atoms with Gasteiger partial charge in [0.2, 0.25) is 11.8 Å². The molecule has 290 valence electrons. The Morgan fingerprint density at radius 3 is 1.44 bits per heavy atom. The van der Waals surface area contributed by atoms with Crippen LogP contribution in [-0.4, -0.2) is 121 Å². The van der Waals surface area contributed by atoms with Gasteiger partial charge >= 0.3 is 6.09 Å². The first-order valence-corrected chi connectivity index (χ1v) is 20.0. The number of aromatic nitrogens is 2. The molecule has 0 saturated carbocycles. The summed E-state index contributed by atoms with van der Waals surface area (Å²) in [5, 5.41) is 5.46. The van der Waals surface area contributed by atoms with Gasteiger partial charge in [0.25, 0.3) is 0 Å². The molecule has 4 aliphatic rings. The predicted molar refractivity (Wildman–Crippen MR) is 213 cm³/mol. The van der Waals surface area contributed by atoms with Gasteiger partial charge in [-0.3, -0.25) is 19.6 Å². The van der Waals surface area contributed by atoms with E-state index in [-0.39, 0.29) is 30.4 Å². The molecule has 2 aromatic heterocycles. The van der Waals surface area contributed by atoms with Crippen molar-refractivity contribution in [2.75, 3.05) is 88.3 Å². The number of carbonyl (C=O) groups is 3. The number of hydrogen-bond acceptors (Lipinski definition) is 9. The lowest BCUT2D eigenvalue weighted by molar-refractivity contribution is -0.138. The summed E-state index contributed by atoms with van der Waals surface area (Å²) >= 11 is 25.0. The average Bonchev–Trinajstić information content (AvgIpc) is 3.21. The van der Waals surface area contributed by atoms with E-state index in [0.717, 1.165) is 81.9 Å². The molecule has 0 unspecified atom stereocenters. The number of halogens is 4. The number of piperidine rings is 2. The molecule has 1 aromatic carbocycles. The van der Waals surface area contributed by atoms with Crippen molar-refractivity contribution in [1.82, 2.24) is 30.0 Å². The van der Waals surface area contributed by atoms with E-state index in [0.29, 0.717) is 65.3 Å². The van der Waals surface area contributed by atoms with Crippen molar-refractivity contribution < 1.29 is 19.1 Å². The van der Waals surface area contributed by atoms with Gasteiger partial charge in [0.05, 0.1) is 31.5 Å². The zero-order valence-corrected chi connectivity index (χ0v) is 33.2. The molecule has 7 rings (SSSR count). The summed E-state index contributed by atoms with van der Waals surface area (Å²) < 4.78 is 5.40. The second-order valence-corrected chi connectivity index (χ2v) is 15.5. The van der Waals surface area contributed by atoms with E-state index in [9.17, 15) is 14.4 Å². The fraction of sp³-hybridized carbons (Fsp3) is 0.500. The van der Waals surface area contributed by atoms with Crippen molar-refractivity contribution in [3.05, 3.63) is 80.8 Å².